The van der Waals surface area contributed by atoms with Crippen LogP contribution in [0.2, 0.25) is 0 Å². The van der Waals surface area contributed by atoms with Crippen molar-refractivity contribution < 1.29 is 14.3 Å². The lowest BCUT2D eigenvalue weighted by atomic mass is 10.1. The number of carbonyl (C=O) groups is 1. The molecule has 0 saturated carbocycles. The normalized spacial score (nSPS) is 10.9. The summed E-state index contributed by atoms with van der Waals surface area (Å²) in [6.45, 7) is 2.26. The van der Waals surface area contributed by atoms with Gasteiger partial charge in [0, 0.05) is 4.47 Å². The number of H-pyrrole nitrogens is 1. The van der Waals surface area contributed by atoms with Crippen LogP contribution in [0.3, 0.4) is 0 Å². The van der Waals surface area contributed by atoms with Crippen LogP contribution in [0.4, 0.5) is 0 Å². The summed E-state index contributed by atoms with van der Waals surface area (Å²) in [6.07, 6.45) is 0. The third-order valence-corrected chi connectivity index (χ3v) is 5.07. The van der Waals surface area contributed by atoms with Gasteiger partial charge >= 0.3 is 5.69 Å². The Morgan fingerprint density at radius 3 is 2.68 bits per heavy atom. The molecule has 1 amide bonds. The second-order valence-electron chi connectivity index (χ2n) is 6.47. The Bertz CT molecular complexity index is 1360. The summed E-state index contributed by atoms with van der Waals surface area (Å²) >= 11 is 3.42. The molecule has 2 aromatic heterocycles. The number of nitrogens with zero attached hydrogens (tertiary/aromatic N) is 3. The number of para-hydroxylation sites is 2. The summed E-state index contributed by atoms with van der Waals surface area (Å²) in [5, 5.41) is 0. The zero-order valence-corrected chi connectivity index (χ0v) is 18.3. The van der Waals surface area contributed by atoms with E-state index in [-0.39, 0.29) is 22.7 Å². The fourth-order valence-electron chi connectivity index (χ4n) is 3.28. The fourth-order valence-corrected chi connectivity index (χ4v) is 3.64. The van der Waals surface area contributed by atoms with Gasteiger partial charge in [-0.05, 0) is 37.3 Å². The average Bonchev–Trinajstić information content (AvgIpc) is 3.09. The standard InChI is InChI=1S/C21H18BrN5O4/c1-3-31-15-7-5-4-6-13(15)27-20-17(25-21(27)29)16(18(23)28)24-19(26-20)12-10-11(22)8-9-14(12)30-2/h4-10H,3H2,1-2H3,(H2,23,28)(H,25,29). The largest absolute Gasteiger partial charge is 0.496 e. The van der Waals surface area contributed by atoms with E-state index >= 15 is 0 Å². The maximum Gasteiger partial charge on any atom is 0.332 e. The van der Waals surface area contributed by atoms with Gasteiger partial charge in [-0.25, -0.2) is 19.3 Å². The van der Waals surface area contributed by atoms with E-state index in [1.165, 1.54) is 11.7 Å². The van der Waals surface area contributed by atoms with Crippen LogP contribution in [0.25, 0.3) is 28.2 Å². The fraction of sp³-hybridized carbons (Fsp3) is 0.143. The van der Waals surface area contributed by atoms with Crippen LogP contribution in [0.5, 0.6) is 11.5 Å². The van der Waals surface area contributed by atoms with Crippen molar-refractivity contribution in [3.05, 3.63) is 63.1 Å². The van der Waals surface area contributed by atoms with Crippen molar-refractivity contribution in [2.24, 2.45) is 5.73 Å². The van der Waals surface area contributed by atoms with E-state index in [1.54, 1.807) is 42.5 Å². The molecule has 0 saturated heterocycles. The number of carbonyl (C=O) groups excluding carboxylic acids is 1. The van der Waals surface area contributed by atoms with Crippen molar-refractivity contribution in [2.75, 3.05) is 13.7 Å². The second kappa shape index (κ2) is 8.23. The van der Waals surface area contributed by atoms with Crippen LogP contribution in [0, 0.1) is 0 Å². The van der Waals surface area contributed by atoms with Gasteiger partial charge in [-0.2, -0.15) is 0 Å². The lowest BCUT2D eigenvalue weighted by Crippen LogP contribution is -2.16. The van der Waals surface area contributed by atoms with Crippen molar-refractivity contribution in [1.82, 2.24) is 19.5 Å². The highest BCUT2D eigenvalue weighted by atomic mass is 79.9. The number of aromatic nitrogens is 4. The molecule has 0 bridgehead atoms. The minimum atomic E-state index is -0.797. The SMILES string of the molecule is CCOc1ccccc1-n1c(=O)[nH]c2c(C(N)=O)nc(-c3cc(Br)ccc3OC)nc21. The lowest BCUT2D eigenvalue weighted by molar-refractivity contribution is 0.0997. The number of hydrogen-bond acceptors (Lipinski definition) is 6. The van der Waals surface area contributed by atoms with Gasteiger partial charge in [0.2, 0.25) is 0 Å². The van der Waals surface area contributed by atoms with E-state index in [1.807, 2.05) is 6.92 Å². The predicted molar refractivity (Wildman–Crippen MR) is 119 cm³/mol. The zero-order chi connectivity index (χ0) is 22.1. The Kier molecular flexibility index (Phi) is 5.47. The molecule has 0 radical (unpaired) electrons. The number of methoxy groups -OCH3 is 1. The molecule has 0 aliphatic carbocycles. The van der Waals surface area contributed by atoms with Gasteiger partial charge in [-0.3, -0.25) is 4.79 Å². The van der Waals surface area contributed by atoms with Crippen LogP contribution in [-0.2, 0) is 0 Å². The Balaban J connectivity index is 2.08. The number of fused-ring (bicyclic) bond motifs is 1. The van der Waals surface area contributed by atoms with Gasteiger partial charge in [0.1, 0.15) is 17.0 Å². The maximum absolute atomic E-state index is 12.9. The summed E-state index contributed by atoms with van der Waals surface area (Å²) in [5.41, 5.74) is 6.30. The molecule has 3 N–H and O–H groups in total. The van der Waals surface area contributed by atoms with Gasteiger partial charge in [-0.1, -0.05) is 28.1 Å². The van der Waals surface area contributed by atoms with Crippen molar-refractivity contribution >= 4 is 33.0 Å². The summed E-state index contributed by atoms with van der Waals surface area (Å²) in [4.78, 5) is 36.6. The van der Waals surface area contributed by atoms with Crippen LogP contribution in [0.1, 0.15) is 17.4 Å². The van der Waals surface area contributed by atoms with E-state index in [0.29, 0.717) is 29.4 Å². The first-order valence-corrected chi connectivity index (χ1v) is 10.1. The molecule has 0 aliphatic rings. The molecule has 0 unspecified atom stereocenters. The van der Waals surface area contributed by atoms with Crippen LogP contribution in [0.15, 0.2) is 51.7 Å². The van der Waals surface area contributed by atoms with Gasteiger partial charge < -0.3 is 20.2 Å². The Morgan fingerprint density at radius 1 is 1.19 bits per heavy atom. The number of imidazole rings is 1. The number of hydrogen-bond donors (Lipinski definition) is 2. The first kappa shape index (κ1) is 20.6. The first-order valence-electron chi connectivity index (χ1n) is 9.33. The number of nitrogens with two attached hydrogens (primary N) is 1. The average molecular weight is 484 g/mol. The third kappa shape index (κ3) is 3.66. The predicted octanol–water partition coefficient (Wildman–Crippen LogP) is 3.04. The van der Waals surface area contributed by atoms with E-state index in [4.69, 9.17) is 15.2 Å². The van der Waals surface area contributed by atoms with E-state index in [9.17, 15) is 9.59 Å². The maximum atomic E-state index is 12.9. The van der Waals surface area contributed by atoms with E-state index in [2.05, 4.69) is 30.9 Å². The highest BCUT2D eigenvalue weighted by Gasteiger charge is 2.22. The summed E-state index contributed by atoms with van der Waals surface area (Å²) in [7, 11) is 1.52. The number of nitrogens with one attached hydrogen (secondary N) is 1. The van der Waals surface area contributed by atoms with Crippen molar-refractivity contribution in [3.8, 4) is 28.6 Å². The molecule has 4 aromatic rings. The van der Waals surface area contributed by atoms with E-state index in [0.717, 1.165) is 4.47 Å². The highest BCUT2D eigenvalue weighted by molar-refractivity contribution is 9.10. The number of primary amides is 1. The Hall–Kier alpha value is -3.66. The minimum absolute atomic E-state index is 0.105. The van der Waals surface area contributed by atoms with Gasteiger partial charge in [0.15, 0.2) is 17.2 Å². The zero-order valence-electron chi connectivity index (χ0n) is 16.7. The topological polar surface area (TPSA) is 125 Å². The van der Waals surface area contributed by atoms with Crippen LogP contribution in [-0.4, -0.2) is 39.1 Å². The molecule has 31 heavy (non-hydrogen) atoms. The van der Waals surface area contributed by atoms with Crippen LogP contribution < -0.4 is 20.9 Å². The van der Waals surface area contributed by atoms with E-state index < -0.39 is 11.6 Å². The number of halogens is 1. The summed E-state index contributed by atoms with van der Waals surface area (Å²) in [5.74, 6) is 0.376. The third-order valence-electron chi connectivity index (χ3n) is 4.58. The Morgan fingerprint density at radius 2 is 1.97 bits per heavy atom. The van der Waals surface area contributed by atoms with Crippen LogP contribution >= 0.6 is 15.9 Å². The molecule has 0 atom stereocenters. The lowest BCUT2D eigenvalue weighted by Gasteiger charge is -2.12. The molecule has 4 rings (SSSR count). The molecule has 2 aromatic carbocycles. The molecule has 0 aliphatic heterocycles. The molecular weight excluding hydrogens is 466 g/mol. The number of benzene rings is 2. The molecule has 158 valence electrons. The number of ether oxygens (including phenoxy) is 2. The molecular formula is C21H18BrN5O4. The number of amides is 1. The quantitative estimate of drug-likeness (QED) is 0.434. The Labute approximate surface area is 185 Å². The summed E-state index contributed by atoms with van der Waals surface area (Å²) in [6, 6.07) is 12.4. The monoisotopic (exact) mass is 483 g/mol. The highest BCUT2D eigenvalue weighted by Crippen LogP contribution is 2.32. The smallest absolute Gasteiger partial charge is 0.332 e. The number of aromatic amines is 1. The molecule has 9 nitrogen and oxygen atoms in total. The minimum Gasteiger partial charge on any atom is -0.496 e. The summed E-state index contributed by atoms with van der Waals surface area (Å²) < 4.78 is 13.2. The van der Waals surface area contributed by atoms with Crippen molar-refractivity contribution in [1.29, 1.82) is 0 Å². The second-order valence-corrected chi connectivity index (χ2v) is 7.39. The first-order chi connectivity index (χ1) is 14.9. The molecule has 2 heterocycles. The molecule has 0 spiro atoms. The van der Waals surface area contributed by atoms with Gasteiger partial charge in [-0.15, -0.1) is 0 Å². The van der Waals surface area contributed by atoms with Crippen molar-refractivity contribution in [3.63, 3.8) is 0 Å². The molecule has 0 fully saturated rings. The van der Waals surface area contributed by atoms with Crippen molar-refractivity contribution in [2.45, 2.75) is 6.92 Å². The van der Waals surface area contributed by atoms with Gasteiger partial charge in [0.25, 0.3) is 5.91 Å². The number of rotatable bonds is 6. The molecule has 10 heteroatoms. The van der Waals surface area contributed by atoms with Gasteiger partial charge in [0.05, 0.1) is 25.0 Å².